The molecule has 0 atom stereocenters. The molecule has 0 spiro atoms. The Morgan fingerprint density at radius 3 is 2.69 bits per heavy atom. The Balaban J connectivity index is 1.79. The number of ketones is 1. The Hall–Kier alpha value is -4.31. The first-order valence-electron chi connectivity index (χ1n) is 10.0. The van der Waals surface area contributed by atoms with Crippen LogP contribution in [0.15, 0.2) is 67.0 Å². The smallest absolute Gasteiger partial charge is 0.227 e. The molecule has 158 valence electrons. The van der Waals surface area contributed by atoms with Gasteiger partial charge in [0.1, 0.15) is 5.82 Å². The van der Waals surface area contributed by atoms with Gasteiger partial charge in [0.25, 0.3) is 0 Å². The molecule has 2 aromatic heterocycles. The highest BCUT2D eigenvalue weighted by Crippen LogP contribution is 2.27. The number of hydrogen-bond acceptors (Lipinski definition) is 4. The van der Waals surface area contributed by atoms with E-state index in [1.807, 2.05) is 24.3 Å². The van der Waals surface area contributed by atoms with Gasteiger partial charge in [-0.3, -0.25) is 9.59 Å². The topological polar surface area (TPSA) is 67.6 Å². The van der Waals surface area contributed by atoms with Crippen LogP contribution in [0.5, 0.6) is 0 Å². The van der Waals surface area contributed by atoms with E-state index in [2.05, 4.69) is 16.0 Å². The van der Waals surface area contributed by atoms with Gasteiger partial charge in [-0.05, 0) is 30.3 Å². The highest BCUT2D eigenvalue weighted by molar-refractivity contribution is 6.12. The zero-order valence-electron chi connectivity index (χ0n) is 17.3. The van der Waals surface area contributed by atoms with Crippen LogP contribution < -0.4 is 4.90 Å². The van der Waals surface area contributed by atoms with Crippen molar-refractivity contribution in [3.05, 3.63) is 83.9 Å². The number of rotatable bonds is 6. The van der Waals surface area contributed by atoms with Crippen LogP contribution in [0.25, 0.3) is 16.9 Å². The molecule has 2 aromatic carbocycles. The van der Waals surface area contributed by atoms with Gasteiger partial charge in [-0.2, -0.15) is 5.10 Å². The minimum atomic E-state index is -0.602. The van der Waals surface area contributed by atoms with Crippen LogP contribution in [0.2, 0.25) is 0 Å². The van der Waals surface area contributed by atoms with Crippen LogP contribution in [-0.2, 0) is 4.79 Å². The SMILES string of the molecule is C#CCN(C(=O)CC)c1cccc(-c2ccnc3c(C(=O)c4ccccc4F)cnn23)c1. The van der Waals surface area contributed by atoms with Gasteiger partial charge in [0, 0.05) is 23.9 Å². The van der Waals surface area contributed by atoms with Crippen molar-refractivity contribution in [3.63, 3.8) is 0 Å². The Labute approximate surface area is 184 Å². The molecule has 2 heterocycles. The van der Waals surface area contributed by atoms with Crippen LogP contribution in [0, 0.1) is 18.2 Å². The Morgan fingerprint density at radius 1 is 1.12 bits per heavy atom. The summed E-state index contributed by atoms with van der Waals surface area (Å²) in [6.45, 7) is 1.94. The molecule has 7 heteroatoms. The largest absolute Gasteiger partial charge is 0.301 e. The molecule has 0 aliphatic carbocycles. The van der Waals surface area contributed by atoms with Crippen molar-refractivity contribution in [1.29, 1.82) is 0 Å². The van der Waals surface area contributed by atoms with Gasteiger partial charge in [-0.1, -0.05) is 37.1 Å². The fourth-order valence-electron chi connectivity index (χ4n) is 3.50. The van der Waals surface area contributed by atoms with Crippen molar-refractivity contribution in [2.75, 3.05) is 11.4 Å². The Bertz CT molecular complexity index is 1370. The second-order valence-electron chi connectivity index (χ2n) is 7.02. The molecule has 0 saturated heterocycles. The average Bonchev–Trinajstić information content (AvgIpc) is 3.26. The molecule has 0 saturated carbocycles. The molecule has 0 unspecified atom stereocenters. The summed E-state index contributed by atoms with van der Waals surface area (Å²) in [6, 6.07) is 14.9. The van der Waals surface area contributed by atoms with Gasteiger partial charge < -0.3 is 4.90 Å². The quantitative estimate of drug-likeness (QED) is 0.343. The van der Waals surface area contributed by atoms with Gasteiger partial charge >= 0.3 is 0 Å². The first kappa shape index (κ1) is 20.9. The normalized spacial score (nSPS) is 10.7. The molecule has 1 amide bonds. The minimum absolute atomic E-state index is 0.0420. The van der Waals surface area contributed by atoms with Crippen molar-refractivity contribution >= 4 is 23.0 Å². The molecule has 0 aliphatic heterocycles. The molecule has 32 heavy (non-hydrogen) atoms. The zero-order chi connectivity index (χ0) is 22.7. The number of fused-ring (bicyclic) bond motifs is 1. The zero-order valence-corrected chi connectivity index (χ0v) is 17.3. The molecule has 0 fully saturated rings. The summed E-state index contributed by atoms with van der Waals surface area (Å²) < 4.78 is 15.7. The number of hydrogen-bond donors (Lipinski definition) is 0. The predicted molar refractivity (Wildman–Crippen MR) is 120 cm³/mol. The van der Waals surface area contributed by atoms with E-state index in [1.165, 1.54) is 33.8 Å². The number of anilines is 1. The second kappa shape index (κ2) is 8.82. The van der Waals surface area contributed by atoms with Crippen LogP contribution >= 0.6 is 0 Å². The van der Waals surface area contributed by atoms with Gasteiger partial charge in [0.15, 0.2) is 5.65 Å². The molecular formula is C25H19FN4O2. The fourth-order valence-corrected chi connectivity index (χ4v) is 3.50. The lowest BCUT2D eigenvalue weighted by Gasteiger charge is -2.20. The molecule has 0 bridgehead atoms. The lowest BCUT2D eigenvalue weighted by molar-refractivity contribution is -0.118. The standard InChI is InChI=1S/C25H19FN4O2/c1-3-14-29(23(31)4-2)18-9-7-8-17(15-18)22-12-13-27-25-20(16-28-30(22)25)24(32)19-10-5-6-11-21(19)26/h1,5-13,15-16H,4,14H2,2H3. The Morgan fingerprint density at radius 2 is 1.94 bits per heavy atom. The Kier molecular flexibility index (Phi) is 5.77. The van der Waals surface area contributed by atoms with Crippen molar-refractivity contribution in [3.8, 4) is 23.6 Å². The van der Waals surface area contributed by atoms with E-state index in [1.54, 1.807) is 25.3 Å². The fraction of sp³-hybridized carbons (Fsp3) is 0.120. The van der Waals surface area contributed by atoms with E-state index >= 15 is 0 Å². The first-order chi connectivity index (χ1) is 15.5. The van der Waals surface area contributed by atoms with Crippen LogP contribution in [-0.4, -0.2) is 32.8 Å². The summed E-state index contributed by atoms with van der Waals surface area (Å²) in [7, 11) is 0. The number of benzene rings is 2. The molecule has 4 rings (SSSR count). The van der Waals surface area contributed by atoms with Gasteiger partial charge in [0.2, 0.25) is 11.7 Å². The summed E-state index contributed by atoms with van der Waals surface area (Å²) in [5, 5.41) is 4.33. The van der Waals surface area contributed by atoms with Crippen LogP contribution in [0.3, 0.4) is 0 Å². The highest BCUT2D eigenvalue weighted by Gasteiger charge is 2.20. The molecule has 4 aromatic rings. The first-order valence-corrected chi connectivity index (χ1v) is 10.0. The monoisotopic (exact) mass is 426 g/mol. The van der Waals surface area contributed by atoms with E-state index < -0.39 is 11.6 Å². The van der Waals surface area contributed by atoms with Crippen molar-refractivity contribution in [1.82, 2.24) is 14.6 Å². The van der Waals surface area contributed by atoms with Gasteiger partial charge in [-0.15, -0.1) is 6.42 Å². The third-order valence-corrected chi connectivity index (χ3v) is 5.07. The second-order valence-corrected chi connectivity index (χ2v) is 7.02. The number of terminal acetylenes is 1. The molecule has 6 nitrogen and oxygen atoms in total. The molecule has 0 N–H and O–H groups in total. The lowest BCUT2D eigenvalue weighted by atomic mass is 10.1. The molecule has 0 radical (unpaired) electrons. The lowest BCUT2D eigenvalue weighted by Crippen LogP contribution is -2.30. The summed E-state index contributed by atoms with van der Waals surface area (Å²) in [4.78, 5) is 31.1. The van der Waals surface area contributed by atoms with Crippen LogP contribution in [0.1, 0.15) is 29.3 Å². The van der Waals surface area contributed by atoms with E-state index in [0.717, 1.165) is 5.56 Å². The van der Waals surface area contributed by atoms with Gasteiger partial charge in [0.05, 0.1) is 29.6 Å². The van der Waals surface area contributed by atoms with E-state index in [4.69, 9.17) is 6.42 Å². The summed E-state index contributed by atoms with van der Waals surface area (Å²) in [5.74, 6) is 1.33. The number of nitrogens with zero attached hydrogens (tertiary/aromatic N) is 4. The van der Waals surface area contributed by atoms with Crippen molar-refractivity contribution < 1.29 is 14.0 Å². The van der Waals surface area contributed by atoms with E-state index in [-0.39, 0.29) is 23.6 Å². The summed E-state index contributed by atoms with van der Waals surface area (Å²) in [5.41, 5.74) is 2.55. The molecular weight excluding hydrogens is 407 g/mol. The highest BCUT2D eigenvalue weighted by atomic mass is 19.1. The van der Waals surface area contributed by atoms with Crippen molar-refractivity contribution in [2.45, 2.75) is 13.3 Å². The maximum atomic E-state index is 14.1. The third-order valence-electron chi connectivity index (χ3n) is 5.07. The number of halogens is 1. The summed E-state index contributed by atoms with van der Waals surface area (Å²) in [6.07, 6.45) is 8.72. The third kappa shape index (κ3) is 3.74. The minimum Gasteiger partial charge on any atom is -0.301 e. The number of amides is 1. The van der Waals surface area contributed by atoms with E-state index in [9.17, 15) is 14.0 Å². The maximum absolute atomic E-state index is 14.1. The predicted octanol–water partition coefficient (Wildman–Crippen LogP) is 4.14. The van der Waals surface area contributed by atoms with Gasteiger partial charge in [-0.25, -0.2) is 13.9 Å². The number of carbonyl (C=O) groups excluding carboxylic acids is 2. The number of carbonyl (C=O) groups is 2. The van der Waals surface area contributed by atoms with E-state index in [0.29, 0.717) is 23.4 Å². The number of aromatic nitrogens is 3. The van der Waals surface area contributed by atoms with Crippen LogP contribution in [0.4, 0.5) is 10.1 Å². The summed E-state index contributed by atoms with van der Waals surface area (Å²) >= 11 is 0. The van der Waals surface area contributed by atoms with Crippen molar-refractivity contribution in [2.24, 2.45) is 0 Å². The average molecular weight is 426 g/mol. The maximum Gasteiger partial charge on any atom is 0.227 e. The molecule has 0 aliphatic rings.